The van der Waals surface area contributed by atoms with Crippen LogP contribution >= 0.6 is 11.6 Å². The first kappa shape index (κ1) is 20.1. The molecule has 0 aliphatic carbocycles. The summed E-state index contributed by atoms with van der Waals surface area (Å²) in [7, 11) is 0. The topological polar surface area (TPSA) is 125 Å². The molecule has 3 rings (SSSR count). The number of furan rings is 1. The van der Waals surface area contributed by atoms with Gasteiger partial charge in [0.25, 0.3) is 0 Å². The third-order valence-electron chi connectivity index (χ3n) is 3.80. The quantitative estimate of drug-likeness (QED) is 0.366. The van der Waals surface area contributed by atoms with Gasteiger partial charge in [0.2, 0.25) is 0 Å². The molecule has 0 saturated carbocycles. The van der Waals surface area contributed by atoms with Crippen LogP contribution in [0.4, 0.5) is 10.7 Å². The van der Waals surface area contributed by atoms with Crippen molar-refractivity contribution in [3.8, 4) is 17.1 Å². The van der Waals surface area contributed by atoms with E-state index in [9.17, 15) is 14.9 Å². The predicted octanol–water partition coefficient (Wildman–Crippen LogP) is 4.08. The van der Waals surface area contributed by atoms with Gasteiger partial charge in [0.1, 0.15) is 10.6 Å². The Labute approximate surface area is 169 Å². The van der Waals surface area contributed by atoms with E-state index in [4.69, 9.17) is 20.8 Å². The zero-order valence-electron chi connectivity index (χ0n) is 15.5. The molecule has 0 unspecified atom stereocenters. The first-order valence-electron chi connectivity index (χ1n) is 8.45. The summed E-state index contributed by atoms with van der Waals surface area (Å²) >= 11 is 6.19. The molecule has 1 aromatic carbocycles. The van der Waals surface area contributed by atoms with Crippen LogP contribution in [0, 0.1) is 17.0 Å². The van der Waals surface area contributed by atoms with Gasteiger partial charge in [0, 0.05) is 16.8 Å². The van der Waals surface area contributed by atoms with Crippen molar-refractivity contribution in [3.63, 3.8) is 0 Å². The Balaban J connectivity index is 2.00. The summed E-state index contributed by atoms with van der Waals surface area (Å²) in [6, 6.07) is 8.06. The average molecular weight is 418 g/mol. The highest BCUT2D eigenvalue weighted by Gasteiger charge is 2.19. The van der Waals surface area contributed by atoms with Crippen LogP contribution in [0.2, 0.25) is 5.02 Å². The summed E-state index contributed by atoms with van der Waals surface area (Å²) in [5.74, 6) is -0.244. The highest BCUT2D eigenvalue weighted by Crippen LogP contribution is 2.28. The van der Waals surface area contributed by atoms with Gasteiger partial charge < -0.3 is 9.15 Å². The number of carbonyl (C=O) groups excluding carboxylic acids is 1. The minimum atomic E-state index is -0.711. The third-order valence-corrected chi connectivity index (χ3v) is 4.21. The van der Waals surface area contributed by atoms with Gasteiger partial charge in [-0.15, -0.1) is 0 Å². The van der Waals surface area contributed by atoms with E-state index >= 15 is 0 Å². The number of aromatic nitrogens is 2. The lowest BCUT2D eigenvalue weighted by atomic mass is 10.2. The molecule has 0 bridgehead atoms. The fourth-order valence-electron chi connectivity index (χ4n) is 2.40. The Morgan fingerprint density at radius 2 is 2.24 bits per heavy atom. The van der Waals surface area contributed by atoms with Crippen molar-refractivity contribution in [1.29, 1.82) is 0 Å². The van der Waals surface area contributed by atoms with Crippen molar-refractivity contribution >= 4 is 29.8 Å². The molecule has 0 aliphatic rings. The molecule has 2 heterocycles. The van der Waals surface area contributed by atoms with Crippen LogP contribution in [-0.2, 0) is 4.74 Å². The fraction of sp³-hybridized carbons (Fsp3) is 0.167. The number of rotatable bonds is 6. The Bertz CT molecular complexity index is 1090. The number of halogens is 1. The van der Waals surface area contributed by atoms with Crippen LogP contribution in [0.25, 0.3) is 17.1 Å². The molecule has 0 spiro atoms. The molecule has 0 radical (unpaired) electrons. The Kier molecular flexibility index (Phi) is 5.93. The van der Waals surface area contributed by atoms with E-state index in [2.05, 4.69) is 15.6 Å². The van der Waals surface area contributed by atoms with Gasteiger partial charge >= 0.3 is 12.0 Å². The van der Waals surface area contributed by atoms with E-state index in [1.807, 2.05) is 19.1 Å². The Morgan fingerprint density at radius 1 is 1.45 bits per heavy atom. The number of nitro groups is 1. The standard InChI is InChI=1S/C18H16ClN5O5/c1-3-28-18(25)21-20-9-12-10-23(13-5-4-11(2)14(19)8-13)22-17(12)15-6-7-16(29-15)24(26)27/h4-10H,3H2,1-2H3,(H,21,25). The number of hydrazone groups is 1. The maximum Gasteiger partial charge on any atom is 0.433 e. The van der Waals surface area contributed by atoms with Gasteiger partial charge in [0.05, 0.1) is 24.6 Å². The average Bonchev–Trinajstić information content (AvgIpc) is 3.31. The fourth-order valence-corrected chi connectivity index (χ4v) is 2.58. The Morgan fingerprint density at radius 3 is 2.90 bits per heavy atom. The first-order valence-corrected chi connectivity index (χ1v) is 8.83. The second-order valence-corrected chi connectivity index (χ2v) is 6.20. The summed E-state index contributed by atoms with van der Waals surface area (Å²) in [6.07, 6.45) is 2.25. The first-order chi connectivity index (χ1) is 13.9. The maximum absolute atomic E-state index is 11.4. The molecule has 11 heteroatoms. The predicted molar refractivity (Wildman–Crippen MR) is 105 cm³/mol. The molecule has 2 aromatic heterocycles. The van der Waals surface area contributed by atoms with E-state index in [1.165, 1.54) is 23.0 Å². The molecule has 0 aliphatic heterocycles. The van der Waals surface area contributed by atoms with E-state index < -0.39 is 16.9 Å². The SMILES string of the molecule is CCOC(=O)NN=Cc1cn(-c2ccc(C)c(Cl)c2)nc1-c1ccc([N+](=O)[O-])o1. The Hall–Kier alpha value is -3.66. The monoisotopic (exact) mass is 417 g/mol. The number of hydrogen-bond acceptors (Lipinski definition) is 7. The van der Waals surface area contributed by atoms with E-state index in [0.717, 1.165) is 5.56 Å². The lowest BCUT2D eigenvalue weighted by Gasteiger charge is -2.03. The van der Waals surface area contributed by atoms with Crippen molar-refractivity contribution in [2.24, 2.45) is 5.10 Å². The summed E-state index contributed by atoms with van der Waals surface area (Å²) in [6.45, 7) is 3.75. The molecule has 10 nitrogen and oxygen atoms in total. The number of carbonyl (C=O) groups is 1. The number of amides is 1. The molecular weight excluding hydrogens is 402 g/mol. The summed E-state index contributed by atoms with van der Waals surface area (Å²) in [5.41, 5.74) is 4.53. The van der Waals surface area contributed by atoms with Crippen LogP contribution in [0.5, 0.6) is 0 Å². The number of benzene rings is 1. The smallest absolute Gasteiger partial charge is 0.433 e. The lowest BCUT2D eigenvalue weighted by Crippen LogP contribution is -2.18. The summed E-state index contributed by atoms with van der Waals surface area (Å²) in [5, 5.41) is 19.7. The van der Waals surface area contributed by atoms with Crippen LogP contribution < -0.4 is 5.43 Å². The molecule has 1 amide bonds. The second-order valence-electron chi connectivity index (χ2n) is 5.80. The molecule has 0 fully saturated rings. The van der Waals surface area contributed by atoms with Crippen LogP contribution in [0.15, 0.2) is 46.0 Å². The van der Waals surface area contributed by atoms with Gasteiger partial charge in [-0.1, -0.05) is 17.7 Å². The van der Waals surface area contributed by atoms with Gasteiger partial charge in [0.15, 0.2) is 5.76 Å². The number of ether oxygens (including phenoxy) is 1. The highest BCUT2D eigenvalue weighted by atomic mass is 35.5. The third kappa shape index (κ3) is 4.61. The minimum absolute atomic E-state index is 0.172. The van der Waals surface area contributed by atoms with Crippen molar-refractivity contribution in [1.82, 2.24) is 15.2 Å². The van der Waals surface area contributed by atoms with E-state index in [1.54, 1.807) is 19.2 Å². The van der Waals surface area contributed by atoms with Crippen LogP contribution in [0.3, 0.4) is 0 Å². The van der Waals surface area contributed by atoms with Crippen molar-refractivity contribution in [2.45, 2.75) is 13.8 Å². The minimum Gasteiger partial charge on any atom is -0.449 e. The number of nitrogens with zero attached hydrogens (tertiary/aromatic N) is 4. The number of aryl methyl sites for hydroxylation is 1. The zero-order valence-corrected chi connectivity index (χ0v) is 16.2. The van der Waals surface area contributed by atoms with Gasteiger partial charge in [-0.25, -0.2) is 14.9 Å². The molecule has 29 heavy (non-hydrogen) atoms. The largest absolute Gasteiger partial charge is 0.449 e. The van der Waals surface area contributed by atoms with E-state index in [-0.39, 0.29) is 12.4 Å². The molecule has 1 N–H and O–H groups in total. The molecule has 0 saturated heterocycles. The molecule has 3 aromatic rings. The van der Waals surface area contributed by atoms with Crippen molar-refractivity contribution in [2.75, 3.05) is 6.61 Å². The van der Waals surface area contributed by atoms with Crippen LogP contribution in [0.1, 0.15) is 18.1 Å². The van der Waals surface area contributed by atoms with Gasteiger partial charge in [-0.3, -0.25) is 10.1 Å². The highest BCUT2D eigenvalue weighted by molar-refractivity contribution is 6.31. The zero-order chi connectivity index (χ0) is 21.0. The summed E-state index contributed by atoms with van der Waals surface area (Å²) in [4.78, 5) is 21.7. The molecule has 150 valence electrons. The second kappa shape index (κ2) is 8.57. The summed E-state index contributed by atoms with van der Waals surface area (Å²) < 4.78 is 11.5. The normalized spacial score (nSPS) is 11.0. The lowest BCUT2D eigenvalue weighted by molar-refractivity contribution is -0.401. The maximum atomic E-state index is 11.4. The van der Waals surface area contributed by atoms with Crippen molar-refractivity contribution in [3.05, 3.63) is 62.8 Å². The molecule has 0 atom stereocenters. The number of nitrogens with one attached hydrogen (secondary N) is 1. The van der Waals surface area contributed by atoms with Gasteiger partial charge in [-0.2, -0.15) is 10.2 Å². The van der Waals surface area contributed by atoms with Crippen molar-refractivity contribution < 1.29 is 18.9 Å². The molecular formula is C18H16ClN5O5. The van der Waals surface area contributed by atoms with E-state index in [0.29, 0.717) is 22.0 Å². The number of hydrogen-bond donors (Lipinski definition) is 1. The van der Waals surface area contributed by atoms with Crippen LogP contribution in [-0.4, -0.2) is 33.6 Å². The van der Waals surface area contributed by atoms with Gasteiger partial charge in [-0.05, 0) is 37.6 Å².